The quantitative estimate of drug-likeness (QED) is 0.646. The SMILES string of the molecule is O=C(NC1CN(C2CN(C(=O)c3ccc(Oc4ccccc4)cc3)C2)C1)c1nccs1. The Morgan fingerprint density at radius 1 is 0.968 bits per heavy atom. The van der Waals surface area contributed by atoms with Crippen molar-refractivity contribution in [1.82, 2.24) is 20.1 Å². The fourth-order valence-corrected chi connectivity index (χ4v) is 4.35. The summed E-state index contributed by atoms with van der Waals surface area (Å²) in [6.07, 6.45) is 1.64. The summed E-state index contributed by atoms with van der Waals surface area (Å²) >= 11 is 1.34. The predicted molar refractivity (Wildman–Crippen MR) is 118 cm³/mol. The number of benzene rings is 2. The lowest BCUT2D eigenvalue weighted by atomic mass is 9.98. The van der Waals surface area contributed by atoms with Crippen LogP contribution in [0.2, 0.25) is 0 Å². The van der Waals surface area contributed by atoms with E-state index in [0.717, 1.165) is 18.8 Å². The molecule has 2 fully saturated rings. The molecular weight excluding hydrogens is 412 g/mol. The summed E-state index contributed by atoms with van der Waals surface area (Å²) in [5.41, 5.74) is 0.663. The number of amides is 2. The molecule has 2 saturated heterocycles. The standard InChI is InChI=1S/C23H22N4O3S/c28-21(22-24-10-11-31-22)25-17-12-26(13-17)18-14-27(15-18)23(29)16-6-8-20(9-7-16)30-19-4-2-1-3-5-19/h1-11,17-18H,12-15H2,(H,25,28). The molecular formula is C23H22N4O3S. The minimum absolute atomic E-state index is 0.0386. The summed E-state index contributed by atoms with van der Waals surface area (Å²) in [7, 11) is 0. The zero-order valence-electron chi connectivity index (χ0n) is 16.8. The lowest BCUT2D eigenvalue weighted by Gasteiger charge is -2.51. The van der Waals surface area contributed by atoms with E-state index < -0.39 is 0 Å². The third-order valence-corrected chi connectivity index (χ3v) is 6.39. The molecule has 0 saturated carbocycles. The third-order valence-electron chi connectivity index (χ3n) is 5.62. The molecule has 3 heterocycles. The van der Waals surface area contributed by atoms with Crippen LogP contribution in [-0.4, -0.2) is 64.9 Å². The number of aromatic nitrogens is 1. The molecule has 0 aliphatic carbocycles. The Morgan fingerprint density at radius 2 is 1.68 bits per heavy atom. The number of likely N-dealkylation sites (tertiary alicyclic amines) is 2. The molecule has 0 bridgehead atoms. The topological polar surface area (TPSA) is 74.8 Å². The van der Waals surface area contributed by atoms with E-state index in [9.17, 15) is 9.59 Å². The van der Waals surface area contributed by atoms with Crippen LogP contribution in [0.5, 0.6) is 11.5 Å². The van der Waals surface area contributed by atoms with Gasteiger partial charge in [0.15, 0.2) is 5.01 Å². The zero-order chi connectivity index (χ0) is 21.2. The van der Waals surface area contributed by atoms with Crippen LogP contribution < -0.4 is 10.1 Å². The van der Waals surface area contributed by atoms with E-state index >= 15 is 0 Å². The summed E-state index contributed by atoms with van der Waals surface area (Å²) in [5, 5.41) is 5.31. The molecule has 2 aliphatic heterocycles. The van der Waals surface area contributed by atoms with Crippen LogP contribution in [0.25, 0.3) is 0 Å². The van der Waals surface area contributed by atoms with E-state index in [1.165, 1.54) is 11.3 Å². The van der Waals surface area contributed by atoms with Crippen LogP contribution in [0.4, 0.5) is 0 Å². The Kier molecular flexibility index (Phi) is 5.40. The number of para-hydroxylation sites is 1. The molecule has 0 radical (unpaired) electrons. The number of hydrogen-bond acceptors (Lipinski definition) is 6. The minimum Gasteiger partial charge on any atom is -0.457 e. The Bertz CT molecular complexity index is 1040. The molecule has 0 spiro atoms. The van der Waals surface area contributed by atoms with E-state index in [2.05, 4.69) is 15.2 Å². The van der Waals surface area contributed by atoms with Crippen LogP contribution in [0.15, 0.2) is 66.2 Å². The molecule has 1 N–H and O–H groups in total. The minimum atomic E-state index is -0.107. The van der Waals surface area contributed by atoms with Crippen molar-refractivity contribution in [3.8, 4) is 11.5 Å². The lowest BCUT2D eigenvalue weighted by Crippen LogP contribution is -2.70. The number of hydrogen-bond donors (Lipinski definition) is 1. The summed E-state index contributed by atoms with van der Waals surface area (Å²) in [4.78, 5) is 33.0. The van der Waals surface area contributed by atoms with Gasteiger partial charge >= 0.3 is 0 Å². The molecule has 0 unspecified atom stereocenters. The molecule has 8 heteroatoms. The van der Waals surface area contributed by atoms with Crippen LogP contribution in [0, 0.1) is 0 Å². The van der Waals surface area contributed by atoms with Gasteiger partial charge in [-0.3, -0.25) is 14.5 Å². The van der Waals surface area contributed by atoms with Crippen LogP contribution in [0.3, 0.4) is 0 Å². The predicted octanol–water partition coefficient (Wildman–Crippen LogP) is 2.87. The van der Waals surface area contributed by atoms with Crippen molar-refractivity contribution in [3.05, 3.63) is 76.7 Å². The molecule has 7 nitrogen and oxygen atoms in total. The molecule has 2 aromatic carbocycles. The number of carbonyl (C=O) groups excluding carboxylic acids is 2. The van der Waals surface area contributed by atoms with Crippen molar-refractivity contribution in [2.75, 3.05) is 26.2 Å². The summed E-state index contributed by atoms with van der Waals surface area (Å²) in [6.45, 7) is 3.06. The average Bonchev–Trinajstić information content (AvgIpc) is 3.27. The van der Waals surface area contributed by atoms with Gasteiger partial charge in [-0.25, -0.2) is 4.98 Å². The van der Waals surface area contributed by atoms with Gasteiger partial charge < -0.3 is 15.0 Å². The molecule has 3 aromatic rings. The van der Waals surface area contributed by atoms with Gasteiger partial charge in [0.2, 0.25) is 0 Å². The van der Waals surface area contributed by atoms with Gasteiger partial charge in [-0.1, -0.05) is 18.2 Å². The number of carbonyl (C=O) groups is 2. The highest BCUT2D eigenvalue weighted by molar-refractivity contribution is 7.11. The number of thiazole rings is 1. The summed E-state index contributed by atoms with van der Waals surface area (Å²) < 4.78 is 5.78. The normalized spacial score (nSPS) is 17.0. The first-order chi connectivity index (χ1) is 15.2. The van der Waals surface area contributed by atoms with Gasteiger partial charge in [-0.05, 0) is 36.4 Å². The van der Waals surface area contributed by atoms with Crippen molar-refractivity contribution in [3.63, 3.8) is 0 Å². The second kappa shape index (κ2) is 8.49. The van der Waals surface area contributed by atoms with Gasteiger partial charge in [-0.15, -0.1) is 11.3 Å². The van der Waals surface area contributed by atoms with Crippen molar-refractivity contribution in [2.24, 2.45) is 0 Å². The van der Waals surface area contributed by atoms with Gasteiger partial charge in [0, 0.05) is 49.4 Å². The number of nitrogens with one attached hydrogen (secondary N) is 1. The molecule has 158 valence electrons. The van der Waals surface area contributed by atoms with Gasteiger partial charge in [0.1, 0.15) is 11.5 Å². The van der Waals surface area contributed by atoms with Crippen molar-refractivity contribution in [1.29, 1.82) is 0 Å². The van der Waals surface area contributed by atoms with Gasteiger partial charge in [0.05, 0.1) is 6.04 Å². The smallest absolute Gasteiger partial charge is 0.280 e. The van der Waals surface area contributed by atoms with E-state index in [0.29, 0.717) is 35.5 Å². The fourth-order valence-electron chi connectivity index (χ4n) is 3.81. The van der Waals surface area contributed by atoms with E-state index in [4.69, 9.17) is 4.74 Å². The first-order valence-corrected chi connectivity index (χ1v) is 11.1. The molecule has 2 amide bonds. The zero-order valence-corrected chi connectivity index (χ0v) is 17.6. The number of ether oxygens (including phenoxy) is 1. The summed E-state index contributed by atoms with van der Waals surface area (Å²) in [5.74, 6) is 1.40. The van der Waals surface area contributed by atoms with E-state index in [1.807, 2.05) is 59.5 Å². The maximum atomic E-state index is 12.7. The summed E-state index contributed by atoms with van der Waals surface area (Å²) in [6, 6.07) is 17.3. The molecule has 2 aliphatic rings. The maximum Gasteiger partial charge on any atom is 0.280 e. The Labute approximate surface area is 184 Å². The second-order valence-electron chi connectivity index (χ2n) is 7.76. The Balaban J connectivity index is 1.07. The van der Waals surface area contributed by atoms with Crippen LogP contribution in [-0.2, 0) is 0 Å². The Morgan fingerprint density at radius 3 is 2.35 bits per heavy atom. The van der Waals surface area contributed by atoms with Gasteiger partial charge in [0.25, 0.3) is 11.8 Å². The van der Waals surface area contributed by atoms with Crippen LogP contribution in [0.1, 0.15) is 20.2 Å². The van der Waals surface area contributed by atoms with Crippen molar-refractivity contribution in [2.45, 2.75) is 12.1 Å². The molecule has 5 rings (SSSR count). The highest BCUT2D eigenvalue weighted by Gasteiger charge is 2.41. The van der Waals surface area contributed by atoms with Crippen LogP contribution >= 0.6 is 11.3 Å². The highest BCUT2D eigenvalue weighted by atomic mass is 32.1. The molecule has 1 aromatic heterocycles. The fraction of sp³-hybridized carbons (Fsp3) is 0.261. The maximum absolute atomic E-state index is 12.7. The first-order valence-electron chi connectivity index (χ1n) is 10.2. The second-order valence-corrected chi connectivity index (χ2v) is 8.66. The van der Waals surface area contributed by atoms with Crippen molar-refractivity contribution < 1.29 is 14.3 Å². The monoisotopic (exact) mass is 434 g/mol. The number of nitrogens with zero attached hydrogens (tertiary/aromatic N) is 3. The lowest BCUT2D eigenvalue weighted by molar-refractivity contribution is -0.00941. The van der Waals surface area contributed by atoms with Gasteiger partial charge in [-0.2, -0.15) is 0 Å². The Hall–Kier alpha value is -3.23. The first kappa shape index (κ1) is 19.7. The third kappa shape index (κ3) is 4.30. The highest BCUT2D eigenvalue weighted by Crippen LogP contribution is 2.25. The average molecular weight is 435 g/mol. The van der Waals surface area contributed by atoms with E-state index in [-0.39, 0.29) is 17.9 Å². The molecule has 31 heavy (non-hydrogen) atoms. The van der Waals surface area contributed by atoms with E-state index in [1.54, 1.807) is 11.6 Å². The largest absolute Gasteiger partial charge is 0.457 e. The van der Waals surface area contributed by atoms with Crippen molar-refractivity contribution >= 4 is 23.2 Å². The molecule has 0 atom stereocenters. The number of rotatable bonds is 6.